The van der Waals surface area contributed by atoms with Crippen LogP contribution < -0.4 is 10.0 Å². The summed E-state index contributed by atoms with van der Waals surface area (Å²) >= 11 is 0. The van der Waals surface area contributed by atoms with Crippen molar-refractivity contribution in [1.82, 2.24) is 9.71 Å². The molecule has 2 heterocycles. The van der Waals surface area contributed by atoms with Gasteiger partial charge in [0.15, 0.2) is 9.84 Å². The quantitative estimate of drug-likeness (QED) is 0.806. The van der Waals surface area contributed by atoms with E-state index in [0.29, 0.717) is 6.54 Å². The zero-order valence-corrected chi connectivity index (χ0v) is 13.6. The van der Waals surface area contributed by atoms with Gasteiger partial charge >= 0.3 is 0 Å². The first-order valence-electron chi connectivity index (χ1n) is 6.61. The zero-order valence-electron chi connectivity index (χ0n) is 12.0. The summed E-state index contributed by atoms with van der Waals surface area (Å²) in [6.07, 6.45) is 1.77. The van der Waals surface area contributed by atoms with Crippen LogP contribution in [-0.2, 0) is 19.9 Å². The lowest BCUT2D eigenvalue weighted by molar-refractivity contribution is 0.462. The SMILES string of the molecule is CCNc1ncccc1S(=O)(=O)NC1(C)CCS(=O)(=O)C1. The highest BCUT2D eigenvalue weighted by Crippen LogP contribution is 2.26. The van der Waals surface area contributed by atoms with E-state index in [4.69, 9.17) is 0 Å². The minimum Gasteiger partial charge on any atom is -0.369 e. The Labute approximate surface area is 125 Å². The lowest BCUT2D eigenvalue weighted by atomic mass is 10.0. The van der Waals surface area contributed by atoms with Crippen molar-refractivity contribution in [3.05, 3.63) is 18.3 Å². The van der Waals surface area contributed by atoms with Crippen LogP contribution in [0.2, 0.25) is 0 Å². The van der Waals surface area contributed by atoms with Gasteiger partial charge in [0.05, 0.1) is 11.5 Å². The Bertz CT molecular complexity index is 731. The van der Waals surface area contributed by atoms with Crippen molar-refractivity contribution < 1.29 is 16.8 Å². The Kier molecular flexibility index (Phi) is 4.27. The van der Waals surface area contributed by atoms with Crippen LogP contribution in [0.15, 0.2) is 23.2 Å². The number of nitrogens with zero attached hydrogens (tertiary/aromatic N) is 1. The van der Waals surface area contributed by atoms with Crippen LogP contribution in [0.5, 0.6) is 0 Å². The minimum absolute atomic E-state index is 0.000866. The van der Waals surface area contributed by atoms with Gasteiger partial charge in [-0.3, -0.25) is 0 Å². The fraction of sp³-hybridized carbons (Fsp3) is 0.583. The number of aromatic nitrogens is 1. The van der Waals surface area contributed by atoms with Crippen molar-refractivity contribution in [1.29, 1.82) is 0 Å². The van der Waals surface area contributed by atoms with E-state index in [-0.39, 0.29) is 28.6 Å². The molecule has 0 amide bonds. The predicted octanol–water partition coefficient (Wildman–Crippen LogP) is 0.369. The average molecular weight is 333 g/mol. The van der Waals surface area contributed by atoms with E-state index in [0.717, 1.165) is 0 Å². The molecule has 2 N–H and O–H groups in total. The third-order valence-electron chi connectivity index (χ3n) is 3.29. The number of sulfonamides is 1. The second kappa shape index (κ2) is 5.54. The third-order valence-corrected chi connectivity index (χ3v) is 6.86. The van der Waals surface area contributed by atoms with Gasteiger partial charge < -0.3 is 5.32 Å². The van der Waals surface area contributed by atoms with Crippen LogP contribution in [-0.4, -0.2) is 45.4 Å². The second-order valence-electron chi connectivity index (χ2n) is 5.39. The first-order chi connectivity index (χ1) is 9.68. The van der Waals surface area contributed by atoms with E-state index in [1.165, 1.54) is 18.3 Å². The van der Waals surface area contributed by atoms with Gasteiger partial charge in [-0.25, -0.2) is 26.5 Å². The summed E-state index contributed by atoms with van der Waals surface area (Å²) in [4.78, 5) is 4.04. The molecule has 0 radical (unpaired) electrons. The molecule has 0 saturated carbocycles. The average Bonchev–Trinajstić information content (AvgIpc) is 2.63. The first-order valence-corrected chi connectivity index (χ1v) is 9.91. The highest BCUT2D eigenvalue weighted by Gasteiger charge is 2.41. The Morgan fingerprint density at radius 1 is 1.43 bits per heavy atom. The Balaban J connectivity index is 2.32. The van der Waals surface area contributed by atoms with Crippen LogP contribution in [0.3, 0.4) is 0 Å². The number of hydrogen-bond acceptors (Lipinski definition) is 6. The molecule has 7 nitrogen and oxygen atoms in total. The molecule has 2 rings (SSSR count). The summed E-state index contributed by atoms with van der Waals surface area (Å²) in [5, 5.41) is 2.89. The zero-order chi connectivity index (χ0) is 15.7. The number of pyridine rings is 1. The summed E-state index contributed by atoms with van der Waals surface area (Å²) in [6.45, 7) is 3.98. The van der Waals surface area contributed by atoms with Crippen molar-refractivity contribution in [2.24, 2.45) is 0 Å². The second-order valence-corrected chi connectivity index (χ2v) is 9.22. The number of rotatable bonds is 5. The largest absolute Gasteiger partial charge is 0.369 e. The van der Waals surface area contributed by atoms with E-state index < -0.39 is 25.4 Å². The molecule has 1 fully saturated rings. The van der Waals surface area contributed by atoms with Crippen LogP contribution in [0.25, 0.3) is 0 Å². The molecule has 1 unspecified atom stereocenters. The summed E-state index contributed by atoms with van der Waals surface area (Å²) in [6, 6.07) is 2.98. The van der Waals surface area contributed by atoms with Gasteiger partial charge in [0, 0.05) is 18.3 Å². The van der Waals surface area contributed by atoms with Crippen molar-refractivity contribution >= 4 is 25.7 Å². The lowest BCUT2D eigenvalue weighted by Gasteiger charge is -2.24. The van der Waals surface area contributed by atoms with Crippen LogP contribution >= 0.6 is 0 Å². The van der Waals surface area contributed by atoms with Gasteiger partial charge in [0.1, 0.15) is 10.7 Å². The lowest BCUT2D eigenvalue weighted by Crippen LogP contribution is -2.46. The van der Waals surface area contributed by atoms with Gasteiger partial charge in [-0.1, -0.05) is 0 Å². The maximum absolute atomic E-state index is 12.5. The van der Waals surface area contributed by atoms with Crippen molar-refractivity contribution in [3.8, 4) is 0 Å². The molecule has 0 aromatic carbocycles. The molecule has 0 bridgehead atoms. The minimum atomic E-state index is -3.84. The third kappa shape index (κ3) is 3.72. The smallest absolute Gasteiger partial charge is 0.244 e. The van der Waals surface area contributed by atoms with E-state index >= 15 is 0 Å². The summed E-state index contributed by atoms with van der Waals surface area (Å²) in [7, 11) is -7.03. The molecule has 1 atom stereocenters. The Morgan fingerprint density at radius 3 is 2.71 bits per heavy atom. The summed E-state index contributed by atoms with van der Waals surface area (Å²) in [5.41, 5.74) is -0.975. The first kappa shape index (κ1) is 16.2. The van der Waals surface area contributed by atoms with E-state index in [2.05, 4.69) is 15.0 Å². The Morgan fingerprint density at radius 2 is 2.14 bits per heavy atom. The number of hydrogen-bond donors (Lipinski definition) is 2. The molecule has 1 aromatic rings. The van der Waals surface area contributed by atoms with E-state index in [9.17, 15) is 16.8 Å². The number of sulfone groups is 1. The number of anilines is 1. The normalized spacial score (nSPS) is 24.9. The van der Waals surface area contributed by atoms with E-state index in [1.807, 2.05) is 6.92 Å². The van der Waals surface area contributed by atoms with Crippen LogP contribution in [0.4, 0.5) is 5.82 Å². The number of nitrogens with one attached hydrogen (secondary N) is 2. The standard InChI is InChI=1S/C12H19N3O4S2/c1-3-13-11-10(5-4-7-14-11)21(18,19)15-12(2)6-8-20(16,17)9-12/h4-5,7,15H,3,6,8-9H2,1-2H3,(H,13,14). The van der Waals surface area contributed by atoms with Crippen LogP contribution in [0.1, 0.15) is 20.3 Å². The summed E-state index contributed by atoms with van der Waals surface area (Å²) in [5.74, 6) is 0.0757. The predicted molar refractivity (Wildman–Crippen MR) is 80.4 cm³/mol. The van der Waals surface area contributed by atoms with Crippen molar-refractivity contribution in [2.75, 3.05) is 23.4 Å². The molecule has 0 aliphatic carbocycles. The molecule has 1 aromatic heterocycles. The van der Waals surface area contributed by atoms with Gasteiger partial charge in [-0.05, 0) is 32.4 Å². The van der Waals surface area contributed by atoms with Gasteiger partial charge in [0.25, 0.3) is 0 Å². The molecular formula is C12H19N3O4S2. The van der Waals surface area contributed by atoms with E-state index in [1.54, 1.807) is 6.92 Å². The maximum atomic E-state index is 12.5. The van der Waals surface area contributed by atoms with Crippen molar-refractivity contribution in [2.45, 2.75) is 30.7 Å². The molecule has 0 spiro atoms. The summed E-state index contributed by atoms with van der Waals surface area (Å²) < 4.78 is 50.7. The van der Waals surface area contributed by atoms with Gasteiger partial charge in [0.2, 0.25) is 10.0 Å². The maximum Gasteiger partial charge on any atom is 0.244 e. The van der Waals surface area contributed by atoms with Crippen molar-refractivity contribution in [3.63, 3.8) is 0 Å². The molecular weight excluding hydrogens is 314 g/mol. The molecule has 118 valence electrons. The molecule has 1 aliphatic heterocycles. The fourth-order valence-corrected chi connectivity index (χ4v) is 6.13. The fourth-order valence-electron chi connectivity index (χ4n) is 2.38. The Hall–Kier alpha value is -1.19. The van der Waals surface area contributed by atoms with Gasteiger partial charge in [-0.15, -0.1) is 0 Å². The van der Waals surface area contributed by atoms with Gasteiger partial charge in [-0.2, -0.15) is 0 Å². The highest BCUT2D eigenvalue weighted by atomic mass is 32.2. The monoisotopic (exact) mass is 333 g/mol. The van der Waals surface area contributed by atoms with Crippen LogP contribution in [0, 0.1) is 0 Å². The molecule has 1 aliphatic rings. The molecule has 21 heavy (non-hydrogen) atoms. The molecule has 1 saturated heterocycles. The topological polar surface area (TPSA) is 105 Å². The molecule has 9 heteroatoms. The highest BCUT2D eigenvalue weighted by molar-refractivity contribution is 7.92.